The van der Waals surface area contributed by atoms with Gasteiger partial charge < -0.3 is 5.32 Å². The van der Waals surface area contributed by atoms with Gasteiger partial charge in [0.05, 0.1) is 0 Å². The topological polar surface area (TPSA) is 12.0 Å². The number of piperidine rings is 1. The van der Waals surface area contributed by atoms with Crippen molar-refractivity contribution in [3.63, 3.8) is 0 Å². The van der Waals surface area contributed by atoms with Crippen LogP contribution in [0.25, 0.3) is 0 Å². The number of hydrogen-bond acceptors (Lipinski definition) is 1. The molecular weight excluding hydrogens is 244 g/mol. The summed E-state index contributed by atoms with van der Waals surface area (Å²) in [6.07, 6.45) is 0.782. The van der Waals surface area contributed by atoms with Gasteiger partial charge in [0, 0.05) is 10.6 Å². The largest absolute Gasteiger partial charge is 0.316 e. The fourth-order valence-electron chi connectivity index (χ4n) is 2.27. The van der Waals surface area contributed by atoms with Crippen molar-refractivity contribution in [3.8, 4) is 0 Å². The standard InChI is InChI=1S/C13H16ClF2N/c14-12-7-11(13(15)16)4-3-10(12)6-9-2-1-5-17-8-9/h3-4,7,9,13,17H,1-2,5-6,8H2. The Morgan fingerprint density at radius 1 is 1.41 bits per heavy atom. The molecule has 1 aromatic rings. The van der Waals surface area contributed by atoms with E-state index in [-0.39, 0.29) is 5.56 Å². The molecule has 0 saturated carbocycles. The van der Waals surface area contributed by atoms with Gasteiger partial charge in [-0.2, -0.15) is 0 Å². The lowest BCUT2D eigenvalue weighted by molar-refractivity contribution is 0.151. The van der Waals surface area contributed by atoms with Crippen LogP contribution in [0.3, 0.4) is 0 Å². The van der Waals surface area contributed by atoms with Gasteiger partial charge in [-0.05, 0) is 49.9 Å². The molecule has 1 N–H and O–H groups in total. The maximum absolute atomic E-state index is 12.5. The molecule has 94 valence electrons. The Labute approximate surface area is 105 Å². The molecule has 1 heterocycles. The Balaban J connectivity index is 2.05. The van der Waals surface area contributed by atoms with Crippen LogP contribution in [0.1, 0.15) is 30.4 Å². The summed E-state index contributed by atoms with van der Waals surface area (Å²) >= 11 is 6.04. The first-order valence-electron chi connectivity index (χ1n) is 5.94. The van der Waals surface area contributed by atoms with Crippen LogP contribution in [0.15, 0.2) is 18.2 Å². The van der Waals surface area contributed by atoms with Gasteiger partial charge in [-0.3, -0.25) is 0 Å². The fourth-order valence-corrected chi connectivity index (χ4v) is 2.54. The predicted octanol–water partition coefficient (Wildman–Crippen LogP) is 3.82. The molecule has 1 fully saturated rings. The minimum absolute atomic E-state index is 0.000481. The van der Waals surface area contributed by atoms with Crippen LogP contribution in [-0.2, 0) is 6.42 Å². The number of nitrogens with one attached hydrogen (secondary N) is 1. The van der Waals surface area contributed by atoms with Gasteiger partial charge in [-0.15, -0.1) is 0 Å². The summed E-state index contributed by atoms with van der Waals surface area (Å²) in [5.41, 5.74) is 0.977. The van der Waals surface area contributed by atoms with Crippen molar-refractivity contribution in [1.82, 2.24) is 5.32 Å². The SMILES string of the molecule is FC(F)c1ccc(CC2CCCNC2)c(Cl)c1. The Kier molecular flexibility index (Phi) is 4.35. The van der Waals surface area contributed by atoms with Crippen molar-refractivity contribution in [3.05, 3.63) is 34.3 Å². The molecule has 0 aromatic heterocycles. The molecule has 0 amide bonds. The van der Waals surface area contributed by atoms with E-state index in [0.717, 1.165) is 25.1 Å². The molecule has 1 saturated heterocycles. The van der Waals surface area contributed by atoms with Crippen LogP contribution >= 0.6 is 11.6 Å². The normalized spacial score (nSPS) is 20.8. The van der Waals surface area contributed by atoms with E-state index in [4.69, 9.17) is 11.6 Å². The summed E-state index contributed by atoms with van der Waals surface area (Å²) in [4.78, 5) is 0. The summed E-state index contributed by atoms with van der Waals surface area (Å²) in [7, 11) is 0. The summed E-state index contributed by atoms with van der Waals surface area (Å²) in [5.74, 6) is 0.568. The third kappa shape index (κ3) is 3.39. The summed E-state index contributed by atoms with van der Waals surface area (Å²) in [6.45, 7) is 2.07. The van der Waals surface area contributed by atoms with Crippen molar-refractivity contribution in [1.29, 1.82) is 0 Å². The Morgan fingerprint density at radius 2 is 2.24 bits per heavy atom. The molecule has 1 atom stereocenters. The van der Waals surface area contributed by atoms with Gasteiger partial charge in [0.1, 0.15) is 0 Å². The lowest BCUT2D eigenvalue weighted by atomic mass is 9.92. The second-order valence-electron chi connectivity index (χ2n) is 4.57. The van der Waals surface area contributed by atoms with Crippen LogP contribution in [0.2, 0.25) is 5.02 Å². The molecule has 0 radical (unpaired) electrons. The Hall–Kier alpha value is -0.670. The van der Waals surface area contributed by atoms with E-state index >= 15 is 0 Å². The lowest BCUT2D eigenvalue weighted by Gasteiger charge is -2.23. The molecule has 2 rings (SSSR count). The van der Waals surface area contributed by atoms with Gasteiger partial charge in [-0.1, -0.05) is 23.7 Å². The highest BCUT2D eigenvalue weighted by molar-refractivity contribution is 6.31. The maximum Gasteiger partial charge on any atom is 0.263 e. The highest BCUT2D eigenvalue weighted by Gasteiger charge is 2.16. The van der Waals surface area contributed by atoms with Crippen molar-refractivity contribution in [2.45, 2.75) is 25.7 Å². The van der Waals surface area contributed by atoms with E-state index in [2.05, 4.69) is 5.32 Å². The van der Waals surface area contributed by atoms with Crippen LogP contribution in [0.4, 0.5) is 8.78 Å². The van der Waals surface area contributed by atoms with Gasteiger partial charge in [0.15, 0.2) is 0 Å². The molecule has 17 heavy (non-hydrogen) atoms. The molecule has 0 aliphatic carbocycles. The van der Waals surface area contributed by atoms with Crippen LogP contribution in [0.5, 0.6) is 0 Å². The summed E-state index contributed by atoms with van der Waals surface area (Å²) in [5, 5.41) is 3.81. The molecule has 0 spiro atoms. The van der Waals surface area contributed by atoms with E-state index in [1.807, 2.05) is 0 Å². The van der Waals surface area contributed by atoms with Gasteiger partial charge in [-0.25, -0.2) is 8.78 Å². The molecule has 1 aromatic carbocycles. The van der Waals surface area contributed by atoms with E-state index in [9.17, 15) is 8.78 Å². The van der Waals surface area contributed by atoms with Crippen molar-refractivity contribution in [2.24, 2.45) is 5.92 Å². The second kappa shape index (κ2) is 5.78. The quantitative estimate of drug-likeness (QED) is 0.870. The van der Waals surface area contributed by atoms with Crippen LogP contribution < -0.4 is 5.32 Å². The van der Waals surface area contributed by atoms with Crippen molar-refractivity contribution in [2.75, 3.05) is 13.1 Å². The van der Waals surface area contributed by atoms with Crippen molar-refractivity contribution >= 4 is 11.6 Å². The smallest absolute Gasteiger partial charge is 0.263 e. The second-order valence-corrected chi connectivity index (χ2v) is 4.98. The van der Waals surface area contributed by atoms with E-state index in [1.165, 1.54) is 25.0 Å². The third-order valence-corrected chi connectivity index (χ3v) is 3.59. The monoisotopic (exact) mass is 259 g/mol. The molecule has 1 aliphatic heterocycles. The number of benzene rings is 1. The lowest BCUT2D eigenvalue weighted by Crippen LogP contribution is -2.30. The number of hydrogen-bond donors (Lipinski definition) is 1. The fraction of sp³-hybridized carbons (Fsp3) is 0.538. The molecule has 1 unspecified atom stereocenters. The predicted molar refractivity (Wildman–Crippen MR) is 65.7 cm³/mol. The average Bonchev–Trinajstić information content (AvgIpc) is 2.33. The highest BCUT2D eigenvalue weighted by Crippen LogP contribution is 2.27. The Morgan fingerprint density at radius 3 is 2.82 bits per heavy atom. The van der Waals surface area contributed by atoms with Gasteiger partial charge >= 0.3 is 0 Å². The summed E-state index contributed by atoms with van der Waals surface area (Å²) in [6, 6.07) is 4.60. The zero-order valence-corrected chi connectivity index (χ0v) is 10.3. The van der Waals surface area contributed by atoms with E-state index in [1.54, 1.807) is 6.07 Å². The first-order valence-corrected chi connectivity index (χ1v) is 6.32. The highest BCUT2D eigenvalue weighted by atomic mass is 35.5. The first-order chi connectivity index (χ1) is 8.16. The zero-order valence-electron chi connectivity index (χ0n) is 9.56. The molecule has 1 aliphatic rings. The van der Waals surface area contributed by atoms with Gasteiger partial charge in [0.2, 0.25) is 0 Å². The minimum atomic E-state index is -2.45. The van der Waals surface area contributed by atoms with E-state index < -0.39 is 6.43 Å². The van der Waals surface area contributed by atoms with Crippen LogP contribution in [-0.4, -0.2) is 13.1 Å². The number of alkyl halides is 2. The van der Waals surface area contributed by atoms with Gasteiger partial charge in [0.25, 0.3) is 6.43 Å². The third-order valence-electron chi connectivity index (χ3n) is 3.24. The molecule has 1 nitrogen and oxygen atoms in total. The molecule has 0 bridgehead atoms. The molecule has 4 heteroatoms. The maximum atomic E-state index is 12.5. The van der Waals surface area contributed by atoms with Crippen molar-refractivity contribution < 1.29 is 8.78 Å². The minimum Gasteiger partial charge on any atom is -0.316 e. The molecular formula is C13H16ClF2N. The Bertz CT molecular complexity index is 376. The summed E-state index contributed by atoms with van der Waals surface area (Å²) < 4.78 is 24.9. The average molecular weight is 260 g/mol. The van der Waals surface area contributed by atoms with E-state index in [0.29, 0.717) is 10.9 Å². The first kappa shape index (κ1) is 12.8. The number of halogens is 3. The number of rotatable bonds is 3. The van der Waals surface area contributed by atoms with Crippen LogP contribution in [0, 0.1) is 5.92 Å². The zero-order chi connectivity index (χ0) is 12.3.